The van der Waals surface area contributed by atoms with Crippen LogP contribution in [0, 0.1) is 0 Å². The van der Waals surface area contributed by atoms with Gasteiger partial charge in [0, 0.05) is 0 Å². The van der Waals surface area contributed by atoms with Gasteiger partial charge in [0.15, 0.2) is 0 Å². The molecule has 0 aliphatic rings. The summed E-state index contributed by atoms with van der Waals surface area (Å²) in [4.78, 5) is 2.00. The second-order valence-electron chi connectivity index (χ2n) is 2.15. The Morgan fingerprint density at radius 1 is 1.00 bits per heavy atom. The van der Waals surface area contributed by atoms with Gasteiger partial charge in [-0.2, -0.15) is 0 Å². The van der Waals surface area contributed by atoms with Gasteiger partial charge in [-0.05, 0) is 32.4 Å². The van der Waals surface area contributed by atoms with Crippen molar-refractivity contribution in [2.24, 2.45) is 0 Å². The molecular formula is C6H12N4. The normalized spacial score (nSPS) is 8.40. The van der Waals surface area contributed by atoms with E-state index in [1.165, 1.54) is 0 Å². The highest BCUT2D eigenvalue weighted by molar-refractivity contribution is 4.69. The molecule has 0 unspecified atom stereocenters. The lowest BCUT2D eigenvalue weighted by Crippen LogP contribution is -1.99. The Bertz CT molecular complexity index is 110. The molecular weight excluding hydrogens is 128 g/mol. The molecule has 1 aromatic heterocycles. The summed E-state index contributed by atoms with van der Waals surface area (Å²) in [6, 6.07) is 1.72. The first kappa shape index (κ1) is 8.97. The van der Waals surface area contributed by atoms with Gasteiger partial charge in [0.2, 0.25) is 0 Å². The fourth-order valence-electron chi connectivity index (χ4n) is 0.205. The van der Waals surface area contributed by atoms with Gasteiger partial charge in [0.25, 0.3) is 0 Å². The lowest BCUT2D eigenvalue weighted by atomic mass is 10.7. The Labute approximate surface area is 60.9 Å². The highest BCUT2D eigenvalue weighted by atomic mass is 15.3. The topological polar surface area (TPSA) is 41.9 Å². The van der Waals surface area contributed by atoms with Gasteiger partial charge in [-0.25, -0.2) is 0 Å². The summed E-state index contributed by atoms with van der Waals surface area (Å²) >= 11 is 0. The molecule has 1 rings (SSSR count). The molecule has 0 saturated heterocycles. The van der Waals surface area contributed by atoms with Crippen LogP contribution in [0.15, 0.2) is 18.5 Å². The summed E-state index contributed by atoms with van der Waals surface area (Å²) in [5.74, 6) is 0. The third-order valence-electron chi connectivity index (χ3n) is 0.409. The van der Waals surface area contributed by atoms with Gasteiger partial charge < -0.3 is 4.90 Å². The van der Waals surface area contributed by atoms with Crippen LogP contribution in [0.3, 0.4) is 0 Å². The van der Waals surface area contributed by atoms with Crippen LogP contribution in [0.2, 0.25) is 0 Å². The van der Waals surface area contributed by atoms with Crippen molar-refractivity contribution < 1.29 is 0 Å². The zero-order valence-corrected chi connectivity index (χ0v) is 6.52. The summed E-state index contributed by atoms with van der Waals surface area (Å²) in [7, 11) is 6.00. The first-order valence-electron chi connectivity index (χ1n) is 2.92. The molecule has 0 spiro atoms. The van der Waals surface area contributed by atoms with Crippen molar-refractivity contribution in [1.29, 1.82) is 0 Å². The van der Waals surface area contributed by atoms with Crippen LogP contribution in [0.5, 0.6) is 0 Å². The molecule has 1 aromatic rings. The zero-order valence-electron chi connectivity index (χ0n) is 6.52. The minimum atomic E-state index is 1.58. The van der Waals surface area contributed by atoms with Crippen LogP contribution in [0.25, 0.3) is 0 Å². The van der Waals surface area contributed by atoms with Gasteiger partial charge >= 0.3 is 0 Å². The van der Waals surface area contributed by atoms with Gasteiger partial charge in [0.1, 0.15) is 0 Å². The van der Waals surface area contributed by atoms with E-state index < -0.39 is 0 Å². The zero-order chi connectivity index (χ0) is 7.82. The van der Waals surface area contributed by atoms with Crippen molar-refractivity contribution in [2.45, 2.75) is 0 Å². The van der Waals surface area contributed by atoms with E-state index >= 15 is 0 Å². The number of hydrogen-bond donors (Lipinski definition) is 0. The molecule has 0 atom stereocenters. The molecule has 0 bridgehead atoms. The van der Waals surface area contributed by atoms with Crippen LogP contribution in [0.4, 0.5) is 0 Å². The van der Waals surface area contributed by atoms with Gasteiger partial charge in [-0.1, -0.05) is 0 Å². The average molecular weight is 140 g/mol. The second kappa shape index (κ2) is 6.10. The van der Waals surface area contributed by atoms with E-state index in [1.54, 1.807) is 18.5 Å². The largest absolute Gasteiger partial charge is 0.312 e. The summed E-state index contributed by atoms with van der Waals surface area (Å²) in [5, 5.41) is 10.1. The Morgan fingerprint density at radius 2 is 1.40 bits per heavy atom. The van der Waals surface area contributed by atoms with E-state index in [4.69, 9.17) is 0 Å². The molecule has 0 radical (unpaired) electrons. The van der Waals surface area contributed by atoms with Crippen molar-refractivity contribution in [3.63, 3.8) is 0 Å². The number of rotatable bonds is 0. The molecule has 0 aromatic carbocycles. The molecule has 0 aliphatic heterocycles. The smallest absolute Gasteiger partial charge is 0.0529 e. The summed E-state index contributed by atoms with van der Waals surface area (Å²) in [6.45, 7) is 0. The molecule has 0 amide bonds. The van der Waals surface area contributed by atoms with E-state index in [2.05, 4.69) is 15.4 Å². The van der Waals surface area contributed by atoms with Crippen LogP contribution < -0.4 is 0 Å². The quantitative estimate of drug-likeness (QED) is 0.510. The molecule has 1 heterocycles. The highest BCUT2D eigenvalue weighted by Crippen LogP contribution is 1.61. The first-order valence-corrected chi connectivity index (χ1v) is 2.92. The molecule has 4 nitrogen and oxygen atoms in total. The highest BCUT2D eigenvalue weighted by Gasteiger charge is 1.60. The second-order valence-corrected chi connectivity index (χ2v) is 2.15. The standard InChI is InChI=1S/C3H3N3.C3H9N/c1-2-4-6-5-3-1;1-4(2)3/h1-3H;1-3H3. The third-order valence-corrected chi connectivity index (χ3v) is 0.409. The monoisotopic (exact) mass is 140 g/mol. The predicted molar refractivity (Wildman–Crippen MR) is 39.4 cm³/mol. The van der Waals surface area contributed by atoms with E-state index in [9.17, 15) is 0 Å². The Hall–Kier alpha value is -1.03. The third kappa shape index (κ3) is 10.1. The summed E-state index contributed by atoms with van der Waals surface area (Å²) in [6.07, 6.45) is 3.15. The maximum absolute atomic E-state index is 3.42. The minimum Gasteiger partial charge on any atom is -0.312 e. The molecule has 56 valence electrons. The number of nitrogens with zero attached hydrogens (tertiary/aromatic N) is 4. The van der Waals surface area contributed by atoms with E-state index in [1.807, 2.05) is 26.0 Å². The van der Waals surface area contributed by atoms with E-state index in [0.717, 1.165) is 0 Å². The Balaban J connectivity index is 0.000000180. The van der Waals surface area contributed by atoms with Gasteiger partial charge in [-0.15, -0.1) is 10.2 Å². The summed E-state index contributed by atoms with van der Waals surface area (Å²) < 4.78 is 0. The first-order chi connectivity index (χ1) is 4.73. The van der Waals surface area contributed by atoms with E-state index in [-0.39, 0.29) is 0 Å². The maximum Gasteiger partial charge on any atom is 0.0529 e. The minimum absolute atomic E-state index is 1.58. The van der Waals surface area contributed by atoms with Crippen LogP contribution >= 0.6 is 0 Å². The van der Waals surface area contributed by atoms with Gasteiger partial charge in [-0.3, -0.25) is 0 Å². The van der Waals surface area contributed by atoms with Crippen molar-refractivity contribution in [1.82, 2.24) is 20.3 Å². The fourth-order valence-corrected chi connectivity index (χ4v) is 0.205. The molecule has 0 N–H and O–H groups in total. The van der Waals surface area contributed by atoms with Crippen molar-refractivity contribution >= 4 is 0 Å². The van der Waals surface area contributed by atoms with Crippen LogP contribution in [-0.4, -0.2) is 41.5 Å². The SMILES string of the molecule is CN(C)C.c1cnnnc1. The van der Waals surface area contributed by atoms with Crippen molar-refractivity contribution in [3.8, 4) is 0 Å². The van der Waals surface area contributed by atoms with Crippen LogP contribution in [-0.2, 0) is 0 Å². The van der Waals surface area contributed by atoms with E-state index in [0.29, 0.717) is 0 Å². The average Bonchev–Trinajstić information content (AvgIpc) is 1.90. The predicted octanol–water partition coefficient (Wildman–Crippen LogP) is 0.0494. The molecule has 10 heavy (non-hydrogen) atoms. The van der Waals surface area contributed by atoms with Crippen molar-refractivity contribution in [2.75, 3.05) is 21.1 Å². The summed E-state index contributed by atoms with van der Waals surface area (Å²) in [5.41, 5.74) is 0. The van der Waals surface area contributed by atoms with Crippen LogP contribution in [0.1, 0.15) is 0 Å². The molecule has 4 heteroatoms. The maximum atomic E-state index is 3.42. The lowest BCUT2D eigenvalue weighted by molar-refractivity contribution is 0.505. The number of aromatic nitrogens is 3. The van der Waals surface area contributed by atoms with Gasteiger partial charge in [0.05, 0.1) is 12.4 Å². The molecule has 0 saturated carbocycles. The molecule has 0 aliphatic carbocycles. The Morgan fingerprint density at radius 3 is 1.50 bits per heavy atom. The Kier molecular flexibility index (Phi) is 5.47. The fraction of sp³-hybridized carbons (Fsp3) is 0.500. The van der Waals surface area contributed by atoms with Crippen molar-refractivity contribution in [3.05, 3.63) is 18.5 Å². The lowest BCUT2D eigenvalue weighted by Gasteiger charge is -1.90. The number of hydrogen-bond acceptors (Lipinski definition) is 4. The molecule has 0 fully saturated rings.